The maximum absolute atomic E-state index is 11.7. The number of rotatable bonds is 5. The highest BCUT2D eigenvalue weighted by molar-refractivity contribution is 7.89. The molecule has 0 fully saturated rings. The van der Waals surface area contributed by atoms with Crippen molar-refractivity contribution in [3.8, 4) is 0 Å². The molecule has 1 heterocycles. The molecule has 1 aromatic rings. The van der Waals surface area contributed by atoms with Crippen LogP contribution in [0.4, 0.5) is 5.95 Å². The van der Waals surface area contributed by atoms with Gasteiger partial charge in [0, 0.05) is 20.6 Å². The molecule has 0 spiro atoms. The van der Waals surface area contributed by atoms with Crippen molar-refractivity contribution in [2.75, 3.05) is 26.0 Å². The van der Waals surface area contributed by atoms with Crippen molar-refractivity contribution in [2.45, 2.75) is 11.8 Å². The Hall–Kier alpha value is -1.25. The smallest absolute Gasteiger partial charge is 0.256 e. The Labute approximate surface area is 94.9 Å². The number of hydrogen-bond donors (Lipinski definition) is 2. The Balaban J connectivity index is 2.89. The second kappa shape index (κ2) is 5.19. The third kappa shape index (κ3) is 3.40. The zero-order valence-electron chi connectivity index (χ0n) is 9.43. The van der Waals surface area contributed by atoms with Gasteiger partial charge in [0.05, 0.1) is 12.4 Å². The number of hydrogen-bond acceptors (Lipinski definition) is 6. The molecular weight excluding hydrogens is 230 g/mol. The average Bonchev–Trinajstić information content (AvgIpc) is 2.17. The van der Waals surface area contributed by atoms with Gasteiger partial charge in [-0.3, -0.25) is 0 Å². The molecule has 2 N–H and O–H groups in total. The normalized spacial score (nSPS) is 11.8. The van der Waals surface area contributed by atoms with Gasteiger partial charge in [-0.05, 0) is 6.92 Å². The van der Waals surface area contributed by atoms with E-state index in [9.17, 15) is 8.42 Å². The lowest BCUT2D eigenvalue weighted by Gasteiger charge is -2.12. The van der Waals surface area contributed by atoms with Gasteiger partial charge in [-0.1, -0.05) is 0 Å². The van der Waals surface area contributed by atoms with E-state index in [-0.39, 0.29) is 4.90 Å². The molecule has 0 bridgehead atoms. The fourth-order valence-electron chi connectivity index (χ4n) is 0.997. The Kier molecular flexibility index (Phi) is 4.16. The largest absolute Gasteiger partial charge is 0.355 e. The molecule has 0 amide bonds. The number of nitrogens with zero attached hydrogens (tertiary/aromatic N) is 3. The summed E-state index contributed by atoms with van der Waals surface area (Å²) < 4.78 is 23.3. The van der Waals surface area contributed by atoms with Crippen LogP contribution in [0.25, 0.3) is 0 Å². The molecule has 0 aliphatic heterocycles. The molecule has 0 aliphatic carbocycles. The van der Waals surface area contributed by atoms with Crippen LogP contribution in [0.1, 0.15) is 6.92 Å². The van der Waals surface area contributed by atoms with Crippen molar-refractivity contribution in [1.82, 2.24) is 19.8 Å². The number of anilines is 1. The van der Waals surface area contributed by atoms with Crippen LogP contribution in [-0.4, -0.2) is 44.0 Å². The predicted molar refractivity (Wildman–Crippen MR) is 60.2 cm³/mol. The summed E-state index contributed by atoms with van der Waals surface area (Å²) >= 11 is 0. The highest BCUT2D eigenvalue weighted by atomic mass is 32.2. The lowest BCUT2D eigenvalue weighted by Crippen LogP contribution is -2.36. The van der Waals surface area contributed by atoms with E-state index >= 15 is 0 Å². The van der Waals surface area contributed by atoms with E-state index in [4.69, 9.17) is 0 Å². The quantitative estimate of drug-likeness (QED) is 0.690. The molecule has 16 heavy (non-hydrogen) atoms. The maximum Gasteiger partial charge on any atom is 0.256 e. The monoisotopic (exact) mass is 245 g/mol. The fraction of sp³-hybridized carbons (Fsp3) is 0.500. The first-order chi connectivity index (χ1) is 7.45. The molecule has 90 valence electrons. The molecule has 0 saturated heterocycles. The zero-order valence-corrected chi connectivity index (χ0v) is 10.2. The molecule has 7 nitrogen and oxygen atoms in total. The number of nitrogens with one attached hydrogen (secondary N) is 2. The van der Waals surface area contributed by atoms with Crippen LogP contribution in [0.2, 0.25) is 0 Å². The van der Waals surface area contributed by atoms with Crippen molar-refractivity contribution >= 4 is 16.0 Å². The van der Waals surface area contributed by atoms with Gasteiger partial charge >= 0.3 is 0 Å². The lowest BCUT2D eigenvalue weighted by molar-refractivity contribution is 0.364. The number of sulfonamides is 1. The van der Waals surface area contributed by atoms with Gasteiger partial charge in [0.15, 0.2) is 0 Å². The molecule has 0 saturated carbocycles. The second-order valence-corrected chi connectivity index (χ2v) is 4.92. The second-order valence-electron chi connectivity index (χ2n) is 3.26. The summed E-state index contributed by atoms with van der Waals surface area (Å²) in [5, 5.41) is 4.22. The van der Waals surface area contributed by atoms with Crippen molar-refractivity contribution in [2.24, 2.45) is 0 Å². The topological polar surface area (TPSA) is 87.2 Å². The molecule has 0 radical (unpaired) electrons. The SMILES string of the molecule is CCNc1ncc(S(=O)(=O)NN(C)C)cn1. The third-order valence-corrected chi connectivity index (χ3v) is 3.01. The highest BCUT2D eigenvalue weighted by Gasteiger charge is 2.15. The van der Waals surface area contributed by atoms with Crippen molar-refractivity contribution in [3.63, 3.8) is 0 Å². The van der Waals surface area contributed by atoms with Crippen LogP contribution < -0.4 is 10.1 Å². The van der Waals surface area contributed by atoms with Gasteiger partial charge in [0.2, 0.25) is 5.95 Å². The Morgan fingerprint density at radius 1 is 1.31 bits per heavy atom. The minimum atomic E-state index is -3.57. The summed E-state index contributed by atoms with van der Waals surface area (Å²) in [5.74, 6) is 0.409. The van der Waals surface area contributed by atoms with Crippen molar-refractivity contribution in [3.05, 3.63) is 12.4 Å². The van der Waals surface area contributed by atoms with Gasteiger partial charge in [-0.2, -0.15) is 0 Å². The summed E-state index contributed by atoms with van der Waals surface area (Å²) in [6.45, 7) is 2.59. The Morgan fingerprint density at radius 3 is 2.31 bits per heavy atom. The molecule has 8 heteroatoms. The van der Waals surface area contributed by atoms with Crippen molar-refractivity contribution < 1.29 is 8.42 Å². The van der Waals surface area contributed by atoms with Gasteiger partial charge in [-0.15, -0.1) is 4.83 Å². The number of aromatic nitrogens is 2. The molecule has 1 aromatic heterocycles. The van der Waals surface area contributed by atoms with Gasteiger partial charge in [-0.25, -0.2) is 23.4 Å². The molecule has 0 aliphatic rings. The fourth-order valence-corrected chi connectivity index (χ4v) is 1.97. The minimum Gasteiger partial charge on any atom is -0.355 e. The van der Waals surface area contributed by atoms with E-state index in [1.165, 1.54) is 17.4 Å². The molecule has 0 aromatic carbocycles. The van der Waals surface area contributed by atoms with Crippen LogP contribution in [0.3, 0.4) is 0 Å². The first-order valence-electron chi connectivity index (χ1n) is 4.71. The molecule has 0 unspecified atom stereocenters. The van der Waals surface area contributed by atoms with Crippen LogP contribution in [-0.2, 0) is 10.0 Å². The molecule has 0 atom stereocenters. The maximum atomic E-state index is 11.7. The summed E-state index contributed by atoms with van der Waals surface area (Å²) in [6.07, 6.45) is 2.52. The molecule has 1 rings (SSSR count). The van der Waals surface area contributed by atoms with Crippen molar-refractivity contribution in [1.29, 1.82) is 0 Å². The van der Waals surface area contributed by atoms with Crippen LogP contribution in [0, 0.1) is 0 Å². The van der Waals surface area contributed by atoms with E-state index in [0.29, 0.717) is 12.5 Å². The van der Waals surface area contributed by atoms with Gasteiger partial charge in [0.25, 0.3) is 10.0 Å². The Morgan fingerprint density at radius 2 is 1.88 bits per heavy atom. The van der Waals surface area contributed by atoms with E-state index < -0.39 is 10.0 Å². The van der Waals surface area contributed by atoms with E-state index in [0.717, 1.165) is 0 Å². The summed E-state index contributed by atoms with van der Waals surface area (Å²) in [5.41, 5.74) is 0. The predicted octanol–water partition coefficient (Wildman–Crippen LogP) is -0.337. The van der Waals surface area contributed by atoms with E-state index in [2.05, 4.69) is 20.1 Å². The molecular formula is C8H15N5O2S. The van der Waals surface area contributed by atoms with Gasteiger partial charge in [0.1, 0.15) is 4.90 Å². The van der Waals surface area contributed by atoms with E-state index in [1.54, 1.807) is 14.1 Å². The Bertz CT molecular complexity index is 428. The summed E-state index contributed by atoms with van der Waals surface area (Å²) in [4.78, 5) is 10.1. The first kappa shape index (κ1) is 12.8. The first-order valence-corrected chi connectivity index (χ1v) is 6.19. The van der Waals surface area contributed by atoms with Crippen LogP contribution >= 0.6 is 0 Å². The third-order valence-electron chi connectivity index (χ3n) is 1.58. The van der Waals surface area contributed by atoms with E-state index in [1.807, 2.05) is 6.92 Å². The van der Waals surface area contributed by atoms with Gasteiger partial charge < -0.3 is 5.32 Å². The summed E-state index contributed by atoms with van der Waals surface area (Å²) in [6, 6.07) is 0. The lowest BCUT2D eigenvalue weighted by atomic mass is 10.6. The highest BCUT2D eigenvalue weighted by Crippen LogP contribution is 2.06. The number of hydrazine groups is 1. The summed E-state index contributed by atoms with van der Waals surface area (Å²) in [7, 11) is -0.391. The standard InChI is InChI=1S/C8H15N5O2S/c1-4-9-8-10-5-7(6-11-8)16(14,15)12-13(2)3/h5-6,12H,4H2,1-3H3,(H,9,10,11). The van der Waals surface area contributed by atoms with Crippen LogP contribution in [0.5, 0.6) is 0 Å². The zero-order chi connectivity index (χ0) is 12.2. The minimum absolute atomic E-state index is 0.0304. The average molecular weight is 245 g/mol. The van der Waals surface area contributed by atoms with Crippen LogP contribution in [0.15, 0.2) is 17.3 Å².